The van der Waals surface area contributed by atoms with Gasteiger partial charge in [0, 0.05) is 44.7 Å². The van der Waals surface area contributed by atoms with Gasteiger partial charge >= 0.3 is 0 Å². The van der Waals surface area contributed by atoms with Crippen LogP contribution in [0.2, 0.25) is 0 Å². The third-order valence-corrected chi connectivity index (χ3v) is 6.75. The van der Waals surface area contributed by atoms with E-state index in [9.17, 15) is 4.79 Å². The van der Waals surface area contributed by atoms with E-state index in [0.29, 0.717) is 12.3 Å². The molecule has 5 heteroatoms. The summed E-state index contributed by atoms with van der Waals surface area (Å²) in [6, 6.07) is 12.8. The molecule has 1 spiro atoms. The molecular weight excluding hydrogens is 354 g/mol. The number of hydrogen-bond acceptors (Lipinski definition) is 4. The number of carbonyl (C=O) groups excluding carboxylic acids is 1. The first-order valence-corrected chi connectivity index (χ1v) is 10.7. The summed E-state index contributed by atoms with van der Waals surface area (Å²) in [6.07, 6.45) is 0.547. The molecule has 4 rings (SSSR count). The molecule has 0 aliphatic carbocycles. The van der Waals surface area contributed by atoms with Crippen molar-refractivity contribution in [1.82, 2.24) is 14.7 Å². The molecule has 2 aliphatic heterocycles. The summed E-state index contributed by atoms with van der Waals surface area (Å²) in [7, 11) is 4.32. The average Bonchev–Trinajstić information content (AvgIpc) is 3.22. The highest BCUT2D eigenvalue weighted by atomic mass is 32.1. The van der Waals surface area contributed by atoms with E-state index in [1.807, 2.05) is 5.38 Å². The molecule has 27 heavy (non-hydrogen) atoms. The Kier molecular flexibility index (Phi) is 5.35. The van der Waals surface area contributed by atoms with Crippen molar-refractivity contribution >= 4 is 17.2 Å². The fraction of sp³-hybridized carbons (Fsp3) is 0.500. The van der Waals surface area contributed by atoms with Gasteiger partial charge in [-0.3, -0.25) is 9.69 Å². The van der Waals surface area contributed by atoms with Crippen molar-refractivity contribution < 1.29 is 4.79 Å². The molecule has 1 aromatic carbocycles. The summed E-state index contributed by atoms with van der Waals surface area (Å²) < 4.78 is 0. The SMILES string of the molecule is CN(C)CC1CN(Cc2ccccc2)CC12CN(C(=O)Cc1ccsc1)C2. The van der Waals surface area contributed by atoms with Crippen molar-refractivity contribution in [2.24, 2.45) is 11.3 Å². The van der Waals surface area contributed by atoms with Gasteiger partial charge < -0.3 is 9.80 Å². The van der Waals surface area contributed by atoms with E-state index < -0.39 is 0 Å². The third kappa shape index (κ3) is 4.10. The number of hydrogen-bond donors (Lipinski definition) is 0. The molecule has 1 amide bonds. The highest BCUT2D eigenvalue weighted by molar-refractivity contribution is 7.08. The van der Waals surface area contributed by atoms with E-state index >= 15 is 0 Å². The van der Waals surface area contributed by atoms with E-state index in [4.69, 9.17) is 0 Å². The van der Waals surface area contributed by atoms with Crippen LogP contribution in [-0.4, -0.2) is 67.4 Å². The van der Waals surface area contributed by atoms with Crippen LogP contribution in [-0.2, 0) is 17.8 Å². The lowest BCUT2D eigenvalue weighted by Crippen LogP contribution is -2.63. The van der Waals surface area contributed by atoms with Crippen molar-refractivity contribution in [3.63, 3.8) is 0 Å². The molecule has 1 unspecified atom stereocenters. The van der Waals surface area contributed by atoms with Gasteiger partial charge in [0.25, 0.3) is 0 Å². The molecule has 2 fully saturated rings. The Balaban J connectivity index is 1.40. The van der Waals surface area contributed by atoms with Crippen LogP contribution in [0.1, 0.15) is 11.1 Å². The molecule has 2 saturated heterocycles. The van der Waals surface area contributed by atoms with Gasteiger partial charge in [-0.25, -0.2) is 0 Å². The highest BCUT2D eigenvalue weighted by Gasteiger charge is 2.54. The molecular formula is C22H29N3OS. The Morgan fingerprint density at radius 2 is 1.93 bits per heavy atom. The molecule has 0 radical (unpaired) electrons. The van der Waals surface area contributed by atoms with Crippen LogP contribution < -0.4 is 0 Å². The summed E-state index contributed by atoms with van der Waals surface area (Å²) in [5.74, 6) is 0.908. The van der Waals surface area contributed by atoms with Gasteiger partial charge in [0.05, 0.1) is 6.42 Å². The summed E-state index contributed by atoms with van der Waals surface area (Å²) >= 11 is 1.66. The van der Waals surface area contributed by atoms with Crippen molar-refractivity contribution in [3.05, 3.63) is 58.3 Å². The van der Waals surface area contributed by atoms with Gasteiger partial charge in [-0.2, -0.15) is 11.3 Å². The Hall–Kier alpha value is -1.69. The maximum Gasteiger partial charge on any atom is 0.227 e. The lowest BCUT2D eigenvalue weighted by molar-refractivity contribution is -0.144. The van der Waals surface area contributed by atoms with Gasteiger partial charge in [0.1, 0.15) is 0 Å². The second-order valence-corrected chi connectivity index (χ2v) is 9.31. The normalized spacial score (nSPS) is 21.7. The summed E-state index contributed by atoms with van der Waals surface area (Å²) in [5.41, 5.74) is 2.79. The molecule has 2 aliphatic rings. The molecule has 3 heterocycles. The van der Waals surface area contributed by atoms with Crippen molar-refractivity contribution in [1.29, 1.82) is 0 Å². The van der Waals surface area contributed by atoms with E-state index in [1.54, 1.807) is 11.3 Å². The number of nitrogens with zero attached hydrogens (tertiary/aromatic N) is 3. The Morgan fingerprint density at radius 3 is 2.59 bits per heavy atom. The molecule has 0 saturated carbocycles. The largest absolute Gasteiger partial charge is 0.341 e. The predicted octanol–water partition coefficient (Wildman–Crippen LogP) is 2.81. The van der Waals surface area contributed by atoms with Gasteiger partial charge in [0.15, 0.2) is 0 Å². The zero-order chi connectivity index (χ0) is 18.9. The Labute approximate surface area is 166 Å². The fourth-order valence-electron chi connectivity index (χ4n) is 4.73. The maximum absolute atomic E-state index is 12.6. The minimum absolute atomic E-state index is 0.267. The fourth-order valence-corrected chi connectivity index (χ4v) is 5.40. The first kappa shape index (κ1) is 18.7. The lowest BCUT2D eigenvalue weighted by Gasteiger charge is -2.51. The van der Waals surface area contributed by atoms with Crippen LogP contribution in [0.25, 0.3) is 0 Å². The Morgan fingerprint density at radius 1 is 1.15 bits per heavy atom. The van der Waals surface area contributed by atoms with E-state index in [1.165, 1.54) is 5.56 Å². The minimum atomic E-state index is 0.267. The maximum atomic E-state index is 12.6. The van der Waals surface area contributed by atoms with Crippen LogP contribution in [0.3, 0.4) is 0 Å². The first-order valence-electron chi connectivity index (χ1n) is 9.74. The smallest absolute Gasteiger partial charge is 0.227 e. The highest BCUT2D eigenvalue weighted by Crippen LogP contribution is 2.44. The standard InChI is InChI=1S/C22H29N3OS/c1-23(2)12-20-13-24(11-18-6-4-3-5-7-18)15-22(20)16-25(17-22)21(26)10-19-8-9-27-14-19/h3-9,14,20H,10-13,15-17H2,1-2H3. The van der Waals surface area contributed by atoms with Gasteiger partial charge in [-0.15, -0.1) is 0 Å². The average molecular weight is 384 g/mol. The van der Waals surface area contributed by atoms with Crippen molar-refractivity contribution in [2.45, 2.75) is 13.0 Å². The van der Waals surface area contributed by atoms with Crippen LogP contribution in [0.5, 0.6) is 0 Å². The van der Waals surface area contributed by atoms with Crippen LogP contribution in [0, 0.1) is 11.3 Å². The first-order chi connectivity index (χ1) is 13.0. The zero-order valence-corrected chi connectivity index (χ0v) is 17.1. The second-order valence-electron chi connectivity index (χ2n) is 8.53. The van der Waals surface area contributed by atoms with Gasteiger partial charge in [0.2, 0.25) is 5.91 Å². The van der Waals surface area contributed by atoms with Crippen LogP contribution in [0.4, 0.5) is 0 Å². The Bertz CT molecular complexity index is 753. The van der Waals surface area contributed by atoms with E-state index in [2.05, 4.69) is 70.6 Å². The third-order valence-electron chi connectivity index (χ3n) is 6.02. The topological polar surface area (TPSA) is 26.8 Å². The van der Waals surface area contributed by atoms with E-state index in [0.717, 1.165) is 44.8 Å². The number of likely N-dealkylation sites (tertiary alicyclic amines) is 2. The zero-order valence-electron chi connectivity index (χ0n) is 16.3. The van der Waals surface area contributed by atoms with Gasteiger partial charge in [-0.05, 0) is 48.0 Å². The summed E-state index contributed by atoms with van der Waals surface area (Å²) in [6.45, 7) is 6.16. The summed E-state index contributed by atoms with van der Waals surface area (Å²) in [4.78, 5) is 19.6. The summed E-state index contributed by atoms with van der Waals surface area (Å²) in [5, 5.41) is 4.13. The number of thiophene rings is 1. The van der Waals surface area contributed by atoms with Crippen molar-refractivity contribution in [2.75, 3.05) is 46.8 Å². The molecule has 0 N–H and O–H groups in total. The molecule has 0 bridgehead atoms. The lowest BCUT2D eigenvalue weighted by atomic mass is 9.71. The molecule has 2 aromatic rings. The molecule has 1 atom stereocenters. The number of rotatable bonds is 6. The van der Waals surface area contributed by atoms with Crippen molar-refractivity contribution in [3.8, 4) is 0 Å². The predicted molar refractivity (Wildman–Crippen MR) is 111 cm³/mol. The molecule has 4 nitrogen and oxygen atoms in total. The monoisotopic (exact) mass is 383 g/mol. The van der Waals surface area contributed by atoms with E-state index in [-0.39, 0.29) is 11.3 Å². The number of amides is 1. The van der Waals surface area contributed by atoms with Crippen LogP contribution >= 0.6 is 11.3 Å². The van der Waals surface area contributed by atoms with Crippen LogP contribution in [0.15, 0.2) is 47.2 Å². The second kappa shape index (κ2) is 7.74. The van der Waals surface area contributed by atoms with Gasteiger partial charge in [-0.1, -0.05) is 30.3 Å². The number of benzene rings is 1. The quantitative estimate of drug-likeness (QED) is 0.767. The minimum Gasteiger partial charge on any atom is -0.341 e. The molecule has 1 aromatic heterocycles. The molecule has 144 valence electrons. The number of carbonyl (C=O) groups is 1.